The lowest BCUT2D eigenvalue weighted by Gasteiger charge is -2.54. The second-order valence-electron chi connectivity index (χ2n) is 4.66. The number of rotatable bonds is 3. The minimum atomic E-state index is -3.97. The summed E-state index contributed by atoms with van der Waals surface area (Å²) in [5.74, 6) is -0.143. The molecular weight excluding hydrogens is 240 g/mol. The molecule has 6 heteroatoms. The number of nitrogens with two attached hydrogens (primary N) is 1. The lowest BCUT2D eigenvalue weighted by atomic mass is 9.88. The predicted molar refractivity (Wildman–Crippen MR) is 65.0 cm³/mol. The summed E-state index contributed by atoms with van der Waals surface area (Å²) in [7, 11) is 0. The highest BCUT2D eigenvalue weighted by Gasteiger charge is 2.41. The zero-order valence-corrected chi connectivity index (χ0v) is 9.70. The molecule has 1 aromatic carbocycles. The van der Waals surface area contributed by atoms with Crippen LogP contribution in [0.2, 0.25) is 0 Å². The Morgan fingerprint density at radius 2 is 2.17 bits per heavy atom. The average molecular weight is 256 g/mol. The minimum absolute atomic E-state index is 0.111. The summed E-state index contributed by atoms with van der Waals surface area (Å²) in [5.41, 5.74) is 6.53. The van der Waals surface area contributed by atoms with Gasteiger partial charge in [-0.3, -0.25) is 0 Å². The van der Waals surface area contributed by atoms with Gasteiger partial charge in [-0.25, -0.2) is 0 Å². The van der Waals surface area contributed by atoms with E-state index in [-0.39, 0.29) is 11.4 Å². The summed E-state index contributed by atoms with van der Waals surface area (Å²) in [6, 6.07) is 5.62. The number of nitrogens with one attached hydrogen (secondary N) is 1. The number of piperidine rings is 1. The van der Waals surface area contributed by atoms with E-state index >= 15 is 0 Å². The molecule has 0 radical (unpaired) electrons. The van der Waals surface area contributed by atoms with Crippen LogP contribution >= 0.6 is 0 Å². The fourth-order valence-corrected chi connectivity index (χ4v) is 2.76. The zero-order chi connectivity index (χ0) is 13.6. The van der Waals surface area contributed by atoms with Crippen molar-refractivity contribution in [2.75, 3.05) is 23.7 Å². The Hall–Kier alpha value is -1.56. The molecule has 18 heavy (non-hydrogen) atoms. The third-order valence-electron chi connectivity index (χ3n) is 3.57. The first-order valence-electron chi connectivity index (χ1n) is 6.39. The Bertz CT molecular complexity index is 480. The molecule has 0 saturated carbocycles. The maximum absolute atomic E-state index is 12.6. The van der Waals surface area contributed by atoms with E-state index in [0.717, 1.165) is 25.2 Å². The Labute approximate surface area is 105 Å². The van der Waals surface area contributed by atoms with Gasteiger partial charge >= 0.3 is 6.59 Å². The number of nitrogen functional groups attached to an aromatic ring is 1. The molecule has 0 spiro atoms. The molecule has 2 saturated heterocycles. The van der Waals surface area contributed by atoms with E-state index in [0.29, 0.717) is 12.1 Å². The molecule has 1 aromatic rings. The van der Waals surface area contributed by atoms with Crippen LogP contribution in [-0.2, 0) is 0 Å². The van der Waals surface area contributed by atoms with Crippen molar-refractivity contribution in [2.24, 2.45) is 0 Å². The van der Waals surface area contributed by atoms with Crippen LogP contribution in [0.5, 0.6) is 5.75 Å². The maximum atomic E-state index is 12.6. The van der Waals surface area contributed by atoms with Crippen molar-refractivity contribution in [3.8, 4) is 5.75 Å². The summed E-state index contributed by atoms with van der Waals surface area (Å²) in [4.78, 5) is 2.19. The van der Waals surface area contributed by atoms with Gasteiger partial charge in [0.15, 0.2) is 7.12 Å². The molecule has 2 unspecified atom stereocenters. The monoisotopic (exact) mass is 256 g/mol. The molecule has 2 atom stereocenters. The number of fused-ring (bicyclic) bond motifs is 2. The van der Waals surface area contributed by atoms with Crippen LogP contribution in [0.1, 0.15) is 7.79 Å². The van der Waals surface area contributed by atoms with Crippen LogP contribution in [0, 0.1) is 0 Å². The van der Waals surface area contributed by atoms with Crippen LogP contribution in [0.4, 0.5) is 20.2 Å². The van der Waals surface area contributed by atoms with Crippen LogP contribution in [0.3, 0.4) is 0 Å². The lowest BCUT2D eigenvalue weighted by molar-refractivity contribution is -0.0493. The number of benzene rings is 1. The van der Waals surface area contributed by atoms with Gasteiger partial charge in [-0.2, -0.15) is 8.78 Å². The SMILES string of the molecule is [2H]C(F)(F)Oc1cc(N2C3CNCC2C3)ccc1N. The molecule has 4 nitrogen and oxygen atoms in total. The van der Waals surface area contributed by atoms with Crippen molar-refractivity contribution in [3.05, 3.63) is 18.2 Å². The number of hydrogen-bond acceptors (Lipinski definition) is 4. The normalized spacial score (nSPS) is 27.4. The Kier molecular flexibility index (Phi) is 2.46. The van der Waals surface area contributed by atoms with Crippen molar-refractivity contribution in [2.45, 2.75) is 25.1 Å². The summed E-state index contributed by atoms with van der Waals surface area (Å²) < 4.78 is 36.0. The van der Waals surface area contributed by atoms with Gasteiger partial charge < -0.3 is 20.7 Å². The highest BCUT2D eigenvalue weighted by atomic mass is 19.3. The van der Waals surface area contributed by atoms with E-state index in [1.165, 1.54) is 12.1 Å². The van der Waals surface area contributed by atoms with E-state index < -0.39 is 6.59 Å². The van der Waals surface area contributed by atoms with E-state index in [1.807, 2.05) is 0 Å². The van der Waals surface area contributed by atoms with Gasteiger partial charge in [-0.15, -0.1) is 0 Å². The molecule has 2 aliphatic heterocycles. The van der Waals surface area contributed by atoms with E-state index in [4.69, 9.17) is 7.10 Å². The lowest BCUT2D eigenvalue weighted by Crippen LogP contribution is -2.68. The first-order chi connectivity index (χ1) is 8.94. The van der Waals surface area contributed by atoms with E-state index in [1.54, 1.807) is 6.07 Å². The van der Waals surface area contributed by atoms with E-state index in [2.05, 4.69) is 15.0 Å². The minimum Gasteiger partial charge on any atom is -0.433 e. The molecule has 98 valence electrons. The van der Waals surface area contributed by atoms with E-state index in [9.17, 15) is 8.78 Å². The van der Waals surface area contributed by atoms with Crippen molar-refractivity contribution >= 4 is 11.4 Å². The molecule has 0 amide bonds. The molecule has 2 fully saturated rings. The largest absolute Gasteiger partial charge is 0.433 e. The Morgan fingerprint density at radius 1 is 1.44 bits per heavy atom. The molecule has 2 aliphatic rings. The van der Waals surface area contributed by atoms with Crippen molar-refractivity contribution in [1.29, 1.82) is 0 Å². The van der Waals surface area contributed by atoms with Crippen molar-refractivity contribution in [1.82, 2.24) is 5.32 Å². The third-order valence-corrected chi connectivity index (χ3v) is 3.57. The number of halogens is 2. The topological polar surface area (TPSA) is 50.5 Å². The molecule has 0 aromatic heterocycles. The average Bonchev–Trinajstić information content (AvgIpc) is 2.32. The van der Waals surface area contributed by atoms with Gasteiger partial charge in [0.2, 0.25) is 0 Å². The van der Waals surface area contributed by atoms with Crippen LogP contribution in [0.15, 0.2) is 18.2 Å². The molecular formula is C12H15F2N3O. The molecule has 2 bridgehead atoms. The van der Waals surface area contributed by atoms with Gasteiger partial charge in [0, 0.05) is 36.9 Å². The first kappa shape index (κ1) is 10.4. The number of nitrogens with zero attached hydrogens (tertiary/aromatic N) is 1. The third kappa shape index (κ3) is 1.86. The molecule has 2 heterocycles. The number of ether oxygens (including phenoxy) is 1. The summed E-state index contributed by atoms with van der Waals surface area (Å²) in [5, 5.41) is 3.30. The smallest absolute Gasteiger partial charge is 0.387 e. The molecule has 0 aliphatic carbocycles. The van der Waals surface area contributed by atoms with Gasteiger partial charge in [0.05, 0.1) is 5.69 Å². The van der Waals surface area contributed by atoms with Crippen molar-refractivity contribution < 1.29 is 14.9 Å². The summed E-state index contributed by atoms with van der Waals surface area (Å²) in [6.07, 6.45) is 1.11. The fraction of sp³-hybridized carbons (Fsp3) is 0.500. The zero-order valence-electron chi connectivity index (χ0n) is 10.7. The van der Waals surface area contributed by atoms with Crippen molar-refractivity contribution in [3.63, 3.8) is 0 Å². The van der Waals surface area contributed by atoms with Gasteiger partial charge in [0.1, 0.15) is 0 Å². The highest BCUT2D eigenvalue weighted by Crippen LogP contribution is 2.37. The second kappa shape index (κ2) is 4.28. The Morgan fingerprint density at radius 3 is 2.78 bits per heavy atom. The van der Waals surface area contributed by atoms with Crippen LogP contribution < -0.4 is 20.7 Å². The second-order valence-corrected chi connectivity index (χ2v) is 4.66. The first-order valence-corrected chi connectivity index (χ1v) is 5.89. The number of anilines is 2. The van der Waals surface area contributed by atoms with Crippen LogP contribution in [-0.4, -0.2) is 31.8 Å². The highest BCUT2D eigenvalue weighted by molar-refractivity contribution is 5.64. The van der Waals surface area contributed by atoms with Gasteiger partial charge in [-0.05, 0) is 18.6 Å². The quantitative estimate of drug-likeness (QED) is 0.803. The summed E-state index contributed by atoms with van der Waals surface area (Å²) >= 11 is 0. The predicted octanol–water partition coefficient (Wildman–Crippen LogP) is 1.42. The molecule has 3 rings (SSSR count). The van der Waals surface area contributed by atoms with Crippen LogP contribution in [0.25, 0.3) is 0 Å². The van der Waals surface area contributed by atoms with Gasteiger partial charge in [-0.1, -0.05) is 0 Å². The fourth-order valence-electron chi connectivity index (χ4n) is 2.76. The summed E-state index contributed by atoms with van der Waals surface area (Å²) in [6.45, 7) is -2.18. The van der Waals surface area contributed by atoms with Gasteiger partial charge in [0.25, 0.3) is 0 Å². The standard InChI is InChI=1S/C12H15F2N3O/c13-12(14)18-11-4-7(1-2-10(11)15)17-8-3-9(17)6-16-5-8/h1-2,4,8-9,12,16H,3,5-6,15H2/i12D. The maximum Gasteiger partial charge on any atom is 0.387 e. The number of hydrogen-bond donors (Lipinski definition) is 2. The number of piperazine rings is 1. The number of alkyl halides is 2. The Balaban J connectivity index is 1.85. The molecule has 3 N–H and O–H groups in total.